The molecular formula is C25H34N6O3. The number of nitrogens with zero attached hydrogens (tertiary/aromatic N) is 4. The number of anilines is 2. The topological polar surface area (TPSA) is 119 Å². The fourth-order valence-electron chi connectivity index (χ4n) is 3.98. The zero-order chi connectivity index (χ0) is 25.0. The lowest BCUT2D eigenvalue weighted by Crippen LogP contribution is -2.42. The molecule has 0 saturated heterocycles. The van der Waals surface area contributed by atoms with Gasteiger partial charge in [-0.2, -0.15) is 5.10 Å². The number of nitrogens with one attached hydrogen (secondary N) is 1. The van der Waals surface area contributed by atoms with Gasteiger partial charge in [-0.15, -0.1) is 0 Å². The molecule has 0 atom stereocenters. The summed E-state index contributed by atoms with van der Waals surface area (Å²) in [4.78, 5) is 42.6. The van der Waals surface area contributed by atoms with Crippen LogP contribution < -0.4 is 21.9 Å². The van der Waals surface area contributed by atoms with Crippen molar-refractivity contribution >= 4 is 17.4 Å². The molecule has 34 heavy (non-hydrogen) atoms. The fourth-order valence-corrected chi connectivity index (χ4v) is 3.98. The number of aromatic amines is 1. The monoisotopic (exact) mass is 466 g/mol. The average Bonchev–Trinajstić information content (AvgIpc) is 3.08. The first-order valence-corrected chi connectivity index (χ1v) is 11.7. The van der Waals surface area contributed by atoms with E-state index in [1.807, 2.05) is 63.6 Å². The van der Waals surface area contributed by atoms with Gasteiger partial charge in [-0.05, 0) is 49.9 Å². The van der Waals surface area contributed by atoms with Crippen LogP contribution in [0.5, 0.6) is 0 Å². The molecule has 0 aliphatic heterocycles. The first-order chi connectivity index (χ1) is 16.1. The van der Waals surface area contributed by atoms with E-state index in [-0.39, 0.29) is 29.9 Å². The van der Waals surface area contributed by atoms with E-state index < -0.39 is 11.2 Å². The minimum Gasteiger partial charge on any atom is -0.383 e. The van der Waals surface area contributed by atoms with E-state index in [4.69, 9.17) is 5.73 Å². The molecule has 2 heterocycles. The average molecular weight is 467 g/mol. The van der Waals surface area contributed by atoms with E-state index in [1.54, 1.807) is 6.07 Å². The van der Waals surface area contributed by atoms with Crippen LogP contribution in [-0.2, 0) is 13.1 Å². The van der Waals surface area contributed by atoms with Crippen molar-refractivity contribution in [2.24, 2.45) is 5.92 Å². The van der Waals surface area contributed by atoms with Crippen LogP contribution in [-0.4, -0.2) is 31.8 Å². The van der Waals surface area contributed by atoms with Crippen LogP contribution in [0.25, 0.3) is 0 Å². The number of nitrogens with two attached hydrogens (primary N) is 1. The Labute approximate surface area is 199 Å². The second-order valence-electron chi connectivity index (χ2n) is 9.09. The Morgan fingerprint density at radius 2 is 1.94 bits per heavy atom. The third-order valence-electron chi connectivity index (χ3n) is 5.62. The number of unbranched alkanes of at least 4 members (excludes halogenated alkanes) is 1. The summed E-state index contributed by atoms with van der Waals surface area (Å²) in [6.45, 7) is 11.0. The Morgan fingerprint density at radius 1 is 1.21 bits per heavy atom. The van der Waals surface area contributed by atoms with Crippen molar-refractivity contribution in [3.63, 3.8) is 0 Å². The van der Waals surface area contributed by atoms with Crippen LogP contribution in [0, 0.1) is 19.8 Å². The van der Waals surface area contributed by atoms with Crippen LogP contribution in [0.2, 0.25) is 0 Å². The Hall–Kier alpha value is -3.62. The molecule has 3 rings (SSSR count). The van der Waals surface area contributed by atoms with Gasteiger partial charge in [0, 0.05) is 24.3 Å². The number of carbonyl (C=O) groups excluding carboxylic acids is 1. The molecule has 0 saturated carbocycles. The summed E-state index contributed by atoms with van der Waals surface area (Å²) in [5, 5.41) is 4.49. The van der Waals surface area contributed by atoms with Gasteiger partial charge in [0.15, 0.2) is 5.69 Å². The molecule has 0 aliphatic rings. The molecule has 0 fully saturated rings. The number of hydrogen-bond donors (Lipinski definition) is 2. The Kier molecular flexibility index (Phi) is 7.75. The van der Waals surface area contributed by atoms with Crippen LogP contribution in [0.4, 0.5) is 11.5 Å². The molecule has 9 nitrogen and oxygen atoms in total. The third-order valence-corrected chi connectivity index (χ3v) is 5.62. The number of hydrogen-bond acceptors (Lipinski definition) is 5. The predicted octanol–water partition coefficient (Wildman–Crippen LogP) is 3.08. The Bertz CT molecular complexity index is 1280. The maximum Gasteiger partial charge on any atom is 0.330 e. The molecule has 0 bridgehead atoms. The van der Waals surface area contributed by atoms with Gasteiger partial charge in [0.2, 0.25) is 0 Å². The summed E-state index contributed by atoms with van der Waals surface area (Å²) in [5.74, 6) is -0.270. The largest absolute Gasteiger partial charge is 0.383 e. The lowest BCUT2D eigenvalue weighted by Gasteiger charge is -2.26. The normalized spacial score (nSPS) is 11.2. The molecule has 0 radical (unpaired) electrons. The van der Waals surface area contributed by atoms with Crippen molar-refractivity contribution in [2.75, 3.05) is 17.2 Å². The molecule has 182 valence electrons. The minimum atomic E-state index is -0.664. The summed E-state index contributed by atoms with van der Waals surface area (Å²) in [6, 6.07) is 9.28. The highest BCUT2D eigenvalue weighted by molar-refractivity contribution is 6.07. The Morgan fingerprint density at radius 3 is 2.56 bits per heavy atom. The van der Waals surface area contributed by atoms with Gasteiger partial charge >= 0.3 is 5.69 Å². The zero-order valence-corrected chi connectivity index (χ0v) is 20.6. The lowest BCUT2D eigenvalue weighted by molar-refractivity contribution is 0.0983. The molecule has 1 aromatic carbocycles. The summed E-state index contributed by atoms with van der Waals surface area (Å²) in [7, 11) is 0. The van der Waals surface area contributed by atoms with Crippen LogP contribution >= 0.6 is 0 Å². The van der Waals surface area contributed by atoms with Gasteiger partial charge in [0.25, 0.3) is 11.5 Å². The standard InChI is InChI=1S/C25H34N6O3/c1-6-7-11-29-22(26)21(23(32)27-25(29)34)30(14-16(2)3)24(33)20-10-8-9-19(13-20)15-31-18(5)12-17(4)28-31/h8-10,12-13,16H,6-7,11,14-15,26H2,1-5H3,(H,27,32,34). The molecule has 2 aromatic heterocycles. The number of nitrogen functional groups attached to an aromatic ring is 1. The summed E-state index contributed by atoms with van der Waals surface area (Å²) in [6.07, 6.45) is 1.58. The van der Waals surface area contributed by atoms with Gasteiger partial charge in [0.1, 0.15) is 5.82 Å². The van der Waals surface area contributed by atoms with E-state index in [2.05, 4.69) is 10.1 Å². The number of amides is 1. The van der Waals surface area contributed by atoms with E-state index in [0.717, 1.165) is 29.8 Å². The first-order valence-electron chi connectivity index (χ1n) is 11.7. The minimum absolute atomic E-state index is 0.00926. The van der Waals surface area contributed by atoms with Gasteiger partial charge < -0.3 is 10.6 Å². The molecule has 0 unspecified atom stereocenters. The van der Waals surface area contributed by atoms with Crippen molar-refractivity contribution in [3.05, 3.63) is 73.7 Å². The highest BCUT2D eigenvalue weighted by Gasteiger charge is 2.26. The highest BCUT2D eigenvalue weighted by Crippen LogP contribution is 2.22. The third kappa shape index (κ3) is 5.47. The van der Waals surface area contributed by atoms with Crippen LogP contribution in [0.3, 0.4) is 0 Å². The number of carbonyl (C=O) groups is 1. The second kappa shape index (κ2) is 10.5. The van der Waals surface area contributed by atoms with Crippen LogP contribution in [0.15, 0.2) is 39.9 Å². The fraction of sp³-hybridized carbons (Fsp3) is 0.440. The SMILES string of the molecule is CCCCn1c(N)c(N(CC(C)C)C(=O)c2cccc(Cn3nc(C)cc3C)c2)c(=O)[nH]c1=O. The maximum atomic E-state index is 13.7. The first kappa shape index (κ1) is 25.0. The van der Waals surface area contributed by atoms with E-state index in [9.17, 15) is 14.4 Å². The number of H-pyrrole nitrogens is 1. The van der Waals surface area contributed by atoms with E-state index in [0.29, 0.717) is 18.7 Å². The van der Waals surface area contributed by atoms with Crippen molar-refractivity contribution < 1.29 is 4.79 Å². The smallest absolute Gasteiger partial charge is 0.330 e. The molecule has 3 aromatic rings. The highest BCUT2D eigenvalue weighted by atomic mass is 16.2. The van der Waals surface area contributed by atoms with Crippen molar-refractivity contribution in [1.29, 1.82) is 0 Å². The van der Waals surface area contributed by atoms with Crippen molar-refractivity contribution in [1.82, 2.24) is 19.3 Å². The Balaban J connectivity index is 2.03. The molecule has 0 aliphatic carbocycles. The molecular weight excluding hydrogens is 432 g/mol. The molecule has 1 amide bonds. The second-order valence-corrected chi connectivity index (χ2v) is 9.09. The van der Waals surface area contributed by atoms with Gasteiger partial charge in [-0.25, -0.2) is 4.79 Å². The van der Waals surface area contributed by atoms with Gasteiger partial charge in [-0.1, -0.05) is 39.3 Å². The van der Waals surface area contributed by atoms with Crippen LogP contribution in [0.1, 0.15) is 60.9 Å². The number of aryl methyl sites for hydroxylation is 2. The number of benzene rings is 1. The summed E-state index contributed by atoms with van der Waals surface area (Å²) < 4.78 is 3.22. The zero-order valence-electron chi connectivity index (χ0n) is 20.6. The number of rotatable bonds is 9. The molecule has 9 heteroatoms. The maximum absolute atomic E-state index is 13.7. The van der Waals surface area contributed by atoms with Crippen molar-refractivity contribution in [3.8, 4) is 0 Å². The predicted molar refractivity (Wildman–Crippen MR) is 134 cm³/mol. The number of aromatic nitrogens is 4. The van der Waals surface area contributed by atoms with E-state index in [1.165, 1.54) is 9.47 Å². The van der Waals surface area contributed by atoms with Gasteiger partial charge in [0.05, 0.1) is 12.2 Å². The van der Waals surface area contributed by atoms with Crippen molar-refractivity contribution in [2.45, 2.75) is 60.5 Å². The lowest BCUT2D eigenvalue weighted by atomic mass is 10.1. The summed E-state index contributed by atoms with van der Waals surface area (Å²) >= 11 is 0. The molecule has 3 N–H and O–H groups in total. The molecule has 0 spiro atoms. The van der Waals surface area contributed by atoms with Gasteiger partial charge in [-0.3, -0.25) is 23.8 Å². The van der Waals surface area contributed by atoms with E-state index >= 15 is 0 Å². The summed E-state index contributed by atoms with van der Waals surface area (Å²) in [5.41, 5.74) is 8.40. The quantitative estimate of drug-likeness (QED) is 0.502.